The fraction of sp³-hybridized carbons (Fsp3) is 0.312. The van der Waals surface area contributed by atoms with E-state index < -0.39 is 0 Å². The Morgan fingerprint density at radius 1 is 1.14 bits per heavy atom. The van der Waals surface area contributed by atoms with Crippen molar-refractivity contribution in [3.8, 4) is 0 Å². The molecule has 0 spiro atoms. The second kappa shape index (κ2) is 6.74. The number of nitrogens with one attached hydrogen (secondary N) is 1. The van der Waals surface area contributed by atoms with Crippen molar-refractivity contribution < 1.29 is 0 Å². The first-order valence-corrected chi connectivity index (χ1v) is 8.03. The molecule has 0 saturated heterocycles. The molecule has 0 saturated carbocycles. The van der Waals surface area contributed by atoms with Crippen LogP contribution in [0.15, 0.2) is 42.7 Å². The summed E-state index contributed by atoms with van der Waals surface area (Å²) < 4.78 is 1.23. The van der Waals surface area contributed by atoms with E-state index in [0.717, 1.165) is 35.7 Å². The Labute approximate surface area is 128 Å². The largest absolute Gasteiger partial charge is 0.307 e. The third-order valence-corrected chi connectivity index (χ3v) is 4.31. The minimum Gasteiger partial charge on any atom is -0.307 e. The fourth-order valence-corrected chi connectivity index (χ4v) is 3.26. The van der Waals surface area contributed by atoms with Crippen molar-refractivity contribution >= 4 is 21.6 Å². The van der Waals surface area contributed by atoms with Gasteiger partial charge in [-0.3, -0.25) is 0 Å². The molecule has 4 nitrogen and oxygen atoms in total. The highest BCUT2D eigenvalue weighted by Gasteiger charge is 2.16. The predicted octanol–water partition coefficient (Wildman–Crippen LogP) is 3.37. The number of hydrogen-bond donors (Lipinski definition) is 1. The SMILES string of the molecule is CCCNC(Cc1nc2ccccc2s1)c1ncccn1. The van der Waals surface area contributed by atoms with Crippen LogP contribution in [-0.2, 0) is 6.42 Å². The Kier molecular flexibility index (Phi) is 4.52. The quantitative estimate of drug-likeness (QED) is 0.758. The van der Waals surface area contributed by atoms with Crippen LogP contribution < -0.4 is 5.32 Å². The van der Waals surface area contributed by atoms with Crippen LogP contribution in [0.2, 0.25) is 0 Å². The lowest BCUT2D eigenvalue weighted by atomic mass is 10.2. The summed E-state index contributed by atoms with van der Waals surface area (Å²) in [5.41, 5.74) is 1.07. The van der Waals surface area contributed by atoms with Gasteiger partial charge in [0.2, 0.25) is 0 Å². The van der Waals surface area contributed by atoms with Gasteiger partial charge < -0.3 is 5.32 Å². The fourth-order valence-electron chi connectivity index (χ4n) is 2.25. The Bertz CT molecular complexity index is 663. The summed E-state index contributed by atoms with van der Waals surface area (Å²) in [6, 6.07) is 10.2. The van der Waals surface area contributed by atoms with Crippen LogP contribution in [0.4, 0.5) is 0 Å². The molecule has 5 heteroatoms. The van der Waals surface area contributed by atoms with E-state index in [2.05, 4.69) is 40.4 Å². The minimum absolute atomic E-state index is 0.117. The molecule has 2 heterocycles. The molecule has 1 unspecified atom stereocenters. The number of benzene rings is 1. The summed E-state index contributed by atoms with van der Waals surface area (Å²) in [6.07, 6.45) is 5.50. The van der Waals surface area contributed by atoms with Crippen molar-refractivity contribution in [3.05, 3.63) is 53.6 Å². The smallest absolute Gasteiger partial charge is 0.145 e. The molecule has 2 aromatic heterocycles. The zero-order chi connectivity index (χ0) is 14.5. The Morgan fingerprint density at radius 3 is 2.71 bits per heavy atom. The van der Waals surface area contributed by atoms with Gasteiger partial charge in [0.25, 0.3) is 0 Å². The van der Waals surface area contributed by atoms with E-state index in [1.165, 1.54) is 4.70 Å². The maximum Gasteiger partial charge on any atom is 0.145 e. The number of fused-ring (bicyclic) bond motifs is 1. The van der Waals surface area contributed by atoms with Crippen molar-refractivity contribution in [2.45, 2.75) is 25.8 Å². The third kappa shape index (κ3) is 3.43. The van der Waals surface area contributed by atoms with Gasteiger partial charge in [-0.1, -0.05) is 19.1 Å². The van der Waals surface area contributed by atoms with Crippen LogP contribution in [0.1, 0.15) is 30.2 Å². The summed E-state index contributed by atoms with van der Waals surface area (Å²) in [5.74, 6) is 0.838. The number of nitrogens with zero attached hydrogens (tertiary/aromatic N) is 3. The highest BCUT2D eigenvalue weighted by atomic mass is 32.1. The molecular formula is C16H18N4S. The molecule has 1 N–H and O–H groups in total. The summed E-state index contributed by atoms with van der Waals surface area (Å²) in [5, 5.41) is 4.64. The van der Waals surface area contributed by atoms with E-state index >= 15 is 0 Å². The van der Waals surface area contributed by atoms with Crippen molar-refractivity contribution in [3.63, 3.8) is 0 Å². The molecule has 1 atom stereocenters. The lowest BCUT2D eigenvalue weighted by Crippen LogP contribution is -2.25. The van der Waals surface area contributed by atoms with Crippen LogP contribution in [0, 0.1) is 0 Å². The van der Waals surface area contributed by atoms with E-state index in [1.807, 2.05) is 12.1 Å². The van der Waals surface area contributed by atoms with Crippen molar-refractivity contribution in [1.82, 2.24) is 20.3 Å². The van der Waals surface area contributed by atoms with Gasteiger partial charge in [0.15, 0.2) is 0 Å². The van der Waals surface area contributed by atoms with E-state index in [9.17, 15) is 0 Å². The number of thiazole rings is 1. The van der Waals surface area contributed by atoms with Gasteiger partial charge in [-0.15, -0.1) is 11.3 Å². The van der Waals surface area contributed by atoms with Gasteiger partial charge in [-0.05, 0) is 31.2 Å². The lowest BCUT2D eigenvalue weighted by Gasteiger charge is -2.15. The molecule has 0 aliphatic carbocycles. The molecule has 108 valence electrons. The number of para-hydroxylation sites is 1. The second-order valence-electron chi connectivity index (χ2n) is 4.89. The number of hydrogen-bond acceptors (Lipinski definition) is 5. The molecule has 1 aromatic carbocycles. The zero-order valence-electron chi connectivity index (χ0n) is 12.0. The standard InChI is InChI=1S/C16H18N4S/c1-2-8-17-13(16-18-9-5-10-19-16)11-15-20-12-6-3-4-7-14(12)21-15/h3-7,9-10,13,17H,2,8,11H2,1H3. The number of aromatic nitrogens is 3. The molecule has 3 aromatic rings. The Morgan fingerprint density at radius 2 is 1.95 bits per heavy atom. The summed E-state index contributed by atoms with van der Waals surface area (Å²) >= 11 is 1.75. The van der Waals surface area contributed by atoms with E-state index in [1.54, 1.807) is 23.7 Å². The summed E-state index contributed by atoms with van der Waals surface area (Å²) in [6.45, 7) is 3.11. The van der Waals surface area contributed by atoms with Gasteiger partial charge in [0.05, 0.1) is 21.3 Å². The molecule has 21 heavy (non-hydrogen) atoms. The van der Waals surface area contributed by atoms with Crippen LogP contribution in [0.3, 0.4) is 0 Å². The average molecular weight is 298 g/mol. The maximum atomic E-state index is 4.71. The highest BCUT2D eigenvalue weighted by molar-refractivity contribution is 7.18. The van der Waals surface area contributed by atoms with E-state index in [0.29, 0.717) is 0 Å². The highest BCUT2D eigenvalue weighted by Crippen LogP contribution is 2.25. The van der Waals surface area contributed by atoms with Gasteiger partial charge in [0.1, 0.15) is 5.82 Å². The molecule has 0 aliphatic heterocycles. The Balaban J connectivity index is 1.83. The first-order valence-electron chi connectivity index (χ1n) is 7.21. The number of rotatable bonds is 6. The van der Waals surface area contributed by atoms with Crippen molar-refractivity contribution in [1.29, 1.82) is 0 Å². The monoisotopic (exact) mass is 298 g/mol. The average Bonchev–Trinajstić information content (AvgIpc) is 2.94. The molecule has 0 fully saturated rings. The first-order chi connectivity index (χ1) is 10.4. The normalized spacial score (nSPS) is 12.6. The van der Waals surface area contributed by atoms with E-state index in [4.69, 9.17) is 4.98 Å². The zero-order valence-corrected chi connectivity index (χ0v) is 12.8. The third-order valence-electron chi connectivity index (χ3n) is 3.26. The van der Waals surface area contributed by atoms with Crippen LogP contribution in [0.5, 0.6) is 0 Å². The summed E-state index contributed by atoms with van der Waals surface area (Å²) in [7, 11) is 0. The van der Waals surface area contributed by atoms with Gasteiger partial charge in [-0.25, -0.2) is 15.0 Å². The molecule has 0 aliphatic rings. The lowest BCUT2D eigenvalue weighted by molar-refractivity contribution is 0.504. The molecular weight excluding hydrogens is 280 g/mol. The van der Waals surface area contributed by atoms with E-state index in [-0.39, 0.29) is 6.04 Å². The molecule has 0 amide bonds. The van der Waals surface area contributed by atoms with Crippen molar-refractivity contribution in [2.24, 2.45) is 0 Å². The van der Waals surface area contributed by atoms with Crippen LogP contribution >= 0.6 is 11.3 Å². The molecule has 3 rings (SSSR count). The maximum absolute atomic E-state index is 4.71. The van der Waals surface area contributed by atoms with Gasteiger partial charge in [0, 0.05) is 18.8 Å². The molecule has 0 bridgehead atoms. The first kappa shape index (κ1) is 14.1. The minimum atomic E-state index is 0.117. The predicted molar refractivity (Wildman–Crippen MR) is 86.4 cm³/mol. The summed E-state index contributed by atoms with van der Waals surface area (Å²) in [4.78, 5) is 13.5. The molecule has 0 radical (unpaired) electrons. The van der Waals surface area contributed by atoms with Crippen molar-refractivity contribution in [2.75, 3.05) is 6.54 Å². The Hall–Kier alpha value is -1.85. The van der Waals surface area contributed by atoms with Gasteiger partial charge >= 0.3 is 0 Å². The van der Waals surface area contributed by atoms with Gasteiger partial charge in [-0.2, -0.15) is 0 Å². The van der Waals surface area contributed by atoms with Crippen LogP contribution in [0.25, 0.3) is 10.2 Å². The topological polar surface area (TPSA) is 50.7 Å². The van der Waals surface area contributed by atoms with Crippen LogP contribution in [-0.4, -0.2) is 21.5 Å². The second-order valence-corrected chi connectivity index (χ2v) is 6.01.